The zero-order chi connectivity index (χ0) is 13.7. The minimum atomic E-state index is -0.457. The molecule has 0 aromatic carbocycles. The van der Waals surface area contributed by atoms with Crippen molar-refractivity contribution < 1.29 is 19.4 Å². The highest BCUT2D eigenvalue weighted by atomic mass is 16.5. The molecule has 6 nitrogen and oxygen atoms in total. The van der Waals surface area contributed by atoms with Gasteiger partial charge in [-0.1, -0.05) is 6.92 Å². The fraction of sp³-hybridized carbons (Fsp3) is 0.500. The van der Waals surface area contributed by atoms with Crippen molar-refractivity contribution in [1.82, 2.24) is 10.3 Å². The van der Waals surface area contributed by atoms with Crippen LogP contribution < -0.4 is 5.32 Å². The number of ether oxygens (including phenoxy) is 1. The molecule has 0 fully saturated rings. The van der Waals surface area contributed by atoms with Crippen LogP contribution in [0.15, 0.2) is 0 Å². The lowest BCUT2D eigenvalue weighted by Gasteiger charge is -2.02. The van der Waals surface area contributed by atoms with Gasteiger partial charge in [0.1, 0.15) is 5.69 Å². The molecule has 0 aliphatic rings. The Labute approximate surface area is 105 Å². The second-order valence-corrected chi connectivity index (χ2v) is 3.80. The second kappa shape index (κ2) is 6.20. The largest absolute Gasteiger partial charge is 0.465 e. The van der Waals surface area contributed by atoms with E-state index in [4.69, 9.17) is 9.84 Å². The number of aromatic amines is 1. The number of aliphatic hydroxyl groups excluding tert-OH is 1. The molecule has 3 N–H and O–H groups in total. The maximum absolute atomic E-state index is 11.8. The van der Waals surface area contributed by atoms with Crippen LogP contribution in [0.25, 0.3) is 0 Å². The zero-order valence-electron chi connectivity index (χ0n) is 10.8. The maximum Gasteiger partial charge on any atom is 0.339 e. The Kier molecular flexibility index (Phi) is 4.91. The monoisotopic (exact) mass is 254 g/mol. The van der Waals surface area contributed by atoms with Gasteiger partial charge in [0, 0.05) is 12.2 Å². The number of hydrogen-bond acceptors (Lipinski definition) is 4. The molecule has 0 aliphatic carbocycles. The molecule has 6 heteroatoms. The molecule has 0 bridgehead atoms. The number of methoxy groups -OCH3 is 1. The van der Waals surface area contributed by atoms with Crippen LogP contribution in [0.3, 0.4) is 0 Å². The Morgan fingerprint density at radius 1 is 1.44 bits per heavy atom. The van der Waals surface area contributed by atoms with E-state index in [0.29, 0.717) is 28.9 Å². The first kappa shape index (κ1) is 14.2. The van der Waals surface area contributed by atoms with Crippen LogP contribution in [-0.2, 0) is 11.2 Å². The molecule has 1 aromatic heterocycles. The van der Waals surface area contributed by atoms with Gasteiger partial charge in [0.2, 0.25) is 0 Å². The number of hydrogen-bond donors (Lipinski definition) is 3. The fourth-order valence-electron chi connectivity index (χ4n) is 1.79. The number of amides is 1. The molecule has 0 aliphatic heterocycles. The van der Waals surface area contributed by atoms with Gasteiger partial charge in [-0.3, -0.25) is 4.79 Å². The third kappa shape index (κ3) is 2.70. The van der Waals surface area contributed by atoms with Gasteiger partial charge in [-0.25, -0.2) is 4.79 Å². The van der Waals surface area contributed by atoms with Crippen LogP contribution in [-0.4, -0.2) is 42.2 Å². The zero-order valence-corrected chi connectivity index (χ0v) is 10.8. The molecular formula is C12H18N2O4. The lowest BCUT2D eigenvalue weighted by Crippen LogP contribution is -2.27. The van der Waals surface area contributed by atoms with Crippen LogP contribution in [0.5, 0.6) is 0 Å². The summed E-state index contributed by atoms with van der Waals surface area (Å²) in [6.07, 6.45) is 0.596. The molecule has 0 saturated heterocycles. The van der Waals surface area contributed by atoms with Crippen LogP contribution in [0.1, 0.15) is 39.0 Å². The summed E-state index contributed by atoms with van der Waals surface area (Å²) in [5, 5.41) is 11.2. The van der Waals surface area contributed by atoms with Crippen LogP contribution in [0.2, 0.25) is 0 Å². The first-order chi connectivity index (χ1) is 8.56. The number of carbonyl (C=O) groups excluding carboxylic acids is 2. The average molecular weight is 254 g/mol. The van der Waals surface area contributed by atoms with Gasteiger partial charge in [0.25, 0.3) is 5.91 Å². The maximum atomic E-state index is 11.8. The lowest BCUT2D eigenvalue weighted by molar-refractivity contribution is 0.0599. The molecule has 1 amide bonds. The number of esters is 1. The molecule has 0 radical (unpaired) electrons. The standard InChI is InChI=1S/C12H18N2O4/c1-4-8-9(12(17)18-3)7(2)10(14-8)11(16)13-5-6-15/h14-15H,4-6H2,1-3H3,(H,13,16). The predicted octanol–water partition coefficient (Wildman–Crippen LogP) is 0.394. The third-order valence-corrected chi connectivity index (χ3v) is 2.70. The predicted molar refractivity (Wildman–Crippen MR) is 65.7 cm³/mol. The molecule has 0 saturated carbocycles. The number of aryl methyl sites for hydroxylation is 1. The number of aromatic nitrogens is 1. The molecule has 1 rings (SSSR count). The van der Waals surface area contributed by atoms with E-state index in [1.165, 1.54) is 7.11 Å². The summed E-state index contributed by atoms with van der Waals surface area (Å²) in [6.45, 7) is 3.62. The summed E-state index contributed by atoms with van der Waals surface area (Å²) in [5.74, 6) is -0.798. The Morgan fingerprint density at radius 2 is 2.11 bits per heavy atom. The van der Waals surface area contributed by atoms with E-state index in [-0.39, 0.29) is 19.1 Å². The van der Waals surface area contributed by atoms with Crippen molar-refractivity contribution in [3.05, 3.63) is 22.5 Å². The summed E-state index contributed by atoms with van der Waals surface area (Å²) >= 11 is 0. The Bertz CT molecular complexity index is 451. The Balaban J connectivity index is 3.12. The van der Waals surface area contributed by atoms with Crippen LogP contribution in [0, 0.1) is 6.92 Å². The highest BCUT2D eigenvalue weighted by Crippen LogP contribution is 2.20. The highest BCUT2D eigenvalue weighted by Gasteiger charge is 2.23. The SMILES string of the molecule is CCc1[nH]c(C(=O)NCCO)c(C)c1C(=O)OC. The van der Waals surface area contributed by atoms with Crippen molar-refractivity contribution in [1.29, 1.82) is 0 Å². The summed E-state index contributed by atoms with van der Waals surface area (Å²) in [7, 11) is 1.31. The first-order valence-corrected chi connectivity index (χ1v) is 5.75. The van der Waals surface area contributed by atoms with Crippen molar-refractivity contribution in [2.75, 3.05) is 20.3 Å². The number of H-pyrrole nitrogens is 1. The molecule has 0 spiro atoms. The molecule has 0 atom stereocenters. The number of rotatable bonds is 5. The summed E-state index contributed by atoms with van der Waals surface area (Å²) < 4.78 is 4.70. The van der Waals surface area contributed by atoms with Crippen molar-refractivity contribution in [3.63, 3.8) is 0 Å². The molecule has 0 unspecified atom stereocenters. The quantitative estimate of drug-likeness (QED) is 0.663. The average Bonchev–Trinajstić information content (AvgIpc) is 2.72. The topological polar surface area (TPSA) is 91.4 Å². The fourth-order valence-corrected chi connectivity index (χ4v) is 1.79. The van der Waals surface area contributed by atoms with Crippen molar-refractivity contribution in [2.24, 2.45) is 0 Å². The molecule has 100 valence electrons. The molecular weight excluding hydrogens is 236 g/mol. The van der Waals surface area contributed by atoms with E-state index in [0.717, 1.165) is 0 Å². The second-order valence-electron chi connectivity index (χ2n) is 3.80. The summed E-state index contributed by atoms with van der Waals surface area (Å²) in [6, 6.07) is 0. The third-order valence-electron chi connectivity index (χ3n) is 2.70. The van der Waals surface area contributed by atoms with E-state index in [9.17, 15) is 9.59 Å². The summed E-state index contributed by atoms with van der Waals surface area (Å²) in [5.41, 5.74) is 1.98. The molecule has 1 heterocycles. The van der Waals surface area contributed by atoms with Gasteiger partial charge in [-0.15, -0.1) is 0 Å². The van der Waals surface area contributed by atoms with Gasteiger partial charge in [0.15, 0.2) is 0 Å². The van der Waals surface area contributed by atoms with Gasteiger partial charge < -0.3 is 20.1 Å². The van der Waals surface area contributed by atoms with Gasteiger partial charge in [0.05, 0.1) is 19.3 Å². The van der Waals surface area contributed by atoms with Crippen molar-refractivity contribution >= 4 is 11.9 Å². The normalized spacial score (nSPS) is 10.2. The van der Waals surface area contributed by atoms with Gasteiger partial charge in [-0.05, 0) is 18.9 Å². The van der Waals surface area contributed by atoms with Crippen molar-refractivity contribution in [3.8, 4) is 0 Å². The van der Waals surface area contributed by atoms with Crippen LogP contribution >= 0.6 is 0 Å². The van der Waals surface area contributed by atoms with E-state index < -0.39 is 5.97 Å². The Hall–Kier alpha value is -1.82. The number of nitrogens with one attached hydrogen (secondary N) is 2. The minimum Gasteiger partial charge on any atom is -0.465 e. The van der Waals surface area contributed by atoms with Gasteiger partial charge >= 0.3 is 5.97 Å². The Morgan fingerprint density at radius 3 is 2.61 bits per heavy atom. The minimum absolute atomic E-state index is 0.129. The van der Waals surface area contributed by atoms with E-state index in [1.54, 1.807) is 6.92 Å². The lowest BCUT2D eigenvalue weighted by atomic mass is 10.1. The number of aliphatic hydroxyl groups is 1. The number of carbonyl (C=O) groups is 2. The van der Waals surface area contributed by atoms with E-state index in [1.807, 2.05) is 6.92 Å². The molecule has 1 aromatic rings. The van der Waals surface area contributed by atoms with Crippen LogP contribution in [0.4, 0.5) is 0 Å². The van der Waals surface area contributed by atoms with E-state index in [2.05, 4.69) is 10.3 Å². The van der Waals surface area contributed by atoms with Gasteiger partial charge in [-0.2, -0.15) is 0 Å². The van der Waals surface area contributed by atoms with E-state index >= 15 is 0 Å². The molecule has 18 heavy (non-hydrogen) atoms. The summed E-state index contributed by atoms with van der Waals surface area (Å²) in [4.78, 5) is 26.4. The highest BCUT2D eigenvalue weighted by molar-refractivity contribution is 6.00. The van der Waals surface area contributed by atoms with Crippen molar-refractivity contribution in [2.45, 2.75) is 20.3 Å². The smallest absolute Gasteiger partial charge is 0.339 e. The first-order valence-electron chi connectivity index (χ1n) is 5.75.